The maximum Gasteiger partial charge on any atom is 0.185 e. The van der Waals surface area contributed by atoms with E-state index in [4.69, 9.17) is 5.26 Å². The van der Waals surface area contributed by atoms with Crippen LogP contribution in [0.4, 0.5) is 23.2 Å². The summed E-state index contributed by atoms with van der Waals surface area (Å²) in [6, 6.07) is 3.57. The fourth-order valence-electron chi connectivity index (χ4n) is 1.44. The summed E-state index contributed by atoms with van der Waals surface area (Å²) in [5.41, 5.74) is -0.447. The summed E-state index contributed by atoms with van der Waals surface area (Å²) in [7, 11) is 0. The van der Waals surface area contributed by atoms with Gasteiger partial charge in [-0.2, -0.15) is 5.26 Å². The van der Waals surface area contributed by atoms with Crippen molar-refractivity contribution < 1.29 is 17.6 Å². The average molecular weight is 286 g/mol. The number of benzene rings is 1. The lowest BCUT2D eigenvalue weighted by molar-refractivity contribution is 0.458. The molecule has 0 bridgehead atoms. The Morgan fingerprint density at radius 2 is 1.74 bits per heavy atom. The number of anilines is 1. The van der Waals surface area contributed by atoms with Gasteiger partial charge in [-0.15, -0.1) is 11.3 Å². The van der Waals surface area contributed by atoms with Crippen molar-refractivity contribution in [3.05, 3.63) is 51.2 Å². The third kappa shape index (κ3) is 2.69. The molecular weight excluding hydrogens is 280 g/mol. The summed E-state index contributed by atoms with van der Waals surface area (Å²) in [6.45, 7) is -0.0386. The summed E-state index contributed by atoms with van der Waals surface area (Å²) >= 11 is 1.20. The number of hydrogen-bond donors (Lipinski definition) is 1. The molecule has 0 fully saturated rings. The van der Waals surface area contributed by atoms with Crippen molar-refractivity contribution in [2.75, 3.05) is 5.32 Å². The Balaban J connectivity index is 2.22. The van der Waals surface area contributed by atoms with Gasteiger partial charge in [-0.05, 0) is 6.07 Å². The lowest BCUT2D eigenvalue weighted by Gasteiger charge is -2.08. The Morgan fingerprint density at radius 3 is 2.26 bits per heavy atom. The monoisotopic (exact) mass is 286 g/mol. The highest BCUT2D eigenvalue weighted by atomic mass is 32.1. The highest BCUT2D eigenvalue weighted by Gasteiger charge is 2.18. The third-order valence-corrected chi connectivity index (χ3v) is 3.27. The smallest absolute Gasteiger partial charge is 0.185 e. The van der Waals surface area contributed by atoms with E-state index in [-0.39, 0.29) is 12.6 Å². The second kappa shape index (κ2) is 5.28. The van der Waals surface area contributed by atoms with Gasteiger partial charge in [0.1, 0.15) is 11.8 Å². The number of thiophene rings is 1. The molecule has 2 nitrogen and oxygen atoms in total. The van der Waals surface area contributed by atoms with E-state index >= 15 is 0 Å². The van der Waals surface area contributed by atoms with Crippen molar-refractivity contribution in [1.29, 1.82) is 5.26 Å². The minimum atomic E-state index is -1.48. The molecule has 0 amide bonds. The number of halogens is 4. The molecule has 2 aromatic rings. The summed E-state index contributed by atoms with van der Waals surface area (Å²) in [5, 5.41) is 12.5. The van der Waals surface area contributed by atoms with Crippen molar-refractivity contribution in [3.63, 3.8) is 0 Å². The van der Waals surface area contributed by atoms with E-state index in [0.29, 0.717) is 10.4 Å². The minimum absolute atomic E-state index is 0.0386. The lowest BCUT2D eigenvalue weighted by Crippen LogP contribution is -2.06. The Morgan fingerprint density at radius 1 is 1.11 bits per heavy atom. The average Bonchev–Trinajstić information content (AvgIpc) is 2.84. The predicted octanol–water partition coefficient (Wildman–Crippen LogP) is 3.79. The van der Waals surface area contributed by atoms with Crippen LogP contribution in [0.2, 0.25) is 0 Å². The van der Waals surface area contributed by atoms with Gasteiger partial charge in [0.05, 0.1) is 5.56 Å². The van der Waals surface area contributed by atoms with Gasteiger partial charge in [0.15, 0.2) is 23.3 Å². The number of hydrogen-bond acceptors (Lipinski definition) is 3. The predicted molar refractivity (Wildman–Crippen MR) is 62.6 cm³/mol. The van der Waals surface area contributed by atoms with Crippen LogP contribution in [0.25, 0.3) is 0 Å². The second-order valence-electron chi connectivity index (χ2n) is 3.61. The number of nitrogens with zero attached hydrogens (tertiary/aromatic N) is 1. The highest BCUT2D eigenvalue weighted by molar-refractivity contribution is 7.10. The molecule has 1 aromatic carbocycles. The van der Waals surface area contributed by atoms with Crippen molar-refractivity contribution in [2.45, 2.75) is 6.54 Å². The molecule has 2 rings (SSSR count). The summed E-state index contributed by atoms with van der Waals surface area (Å²) in [6.07, 6.45) is 0. The standard InChI is InChI=1S/C12H6F4N2S/c13-8-2-9(14)11(16)12(10(8)15)18-4-7-1-6(3-17)5-19-7/h1-2,5,18H,4H2. The van der Waals surface area contributed by atoms with Crippen LogP contribution in [-0.4, -0.2) is 0 Å². The lowest BCUT2D eigenvalue weighted by atomic mass is 10.2. The molecule has 0 saturated heterocycles. The van der Waals surface area contributed by atoms with Gasteiger partial charge in [-0.25, -0.2) is 17.6 Å². The molecule has 7 heteroatoms. The molecule has 19 heavy (non-hydrogen) atoms. The van der Waals surface area contributed by atoms with Gasteiger partial charge in [-0.3, -0.25) is 0 Å². The van der Waals surface area contributed by atoms with Crippen molar-refractivity contribution in [2.24, 2.45) is 0 Å². The van der Waals surface area contributed by atoms with Crippen LogP contribution in [0.3, 0.4) is 0 Å². The number of rotatable bonds is 3. The molecule has 0 aliphatic heterocycles. The van der Waals surface area contributed by atoms with Gasteiger partial charge >= 0.3 is 0 Å². The Bertz CT molecular complexity index is 634. The fraction of sp³-hybridized carbons (Fsp3) is 0.0833. The molecule has 1 heterocycles. The van der Waals surface area contributed by atoms with E-state index in [9.17, 15) is 17.6 Å². The SMILES string of the molecule is N#Cc1csc(CNc2c(F)c(F)cc(F)c2F)c1. The van der Waals surface area contributed by atoms with Crippen LogP contribution in [0.1, 0.15) is 10.4 Å². The Kier molecular flexibility index (Phi) is 3.71. The first-order valence-corrected chi connectivity index (χ1v) is 5.95. The zero-order chi connectivity index (χ0) is 14.0. The zero-order valence-corrected chi connectivity index (χ0v) is 10.1. The minimum Gasteiger partial charge on any atom is -0.375 e. The van der Waals surface area contributed by atoms with E-state index in [1.807, 2.05) is 6.07 Å². The van der Waals surface area contributed by atoms with E-state index in [0.717, 1.165) is 0 Å². The molecule has 0 unspecified atom stereocenters. The van der Waals surface area contributed by atoms with Crippen LogP contribution < -0.4 is 5.32 Å². The third-order valence-electron chi connectivity index (χ3n) is 2.33. The highest BCUT2D eigenvalue weighted by Crippen LogP contribution is 2.25. The molecule has 0 spiro atoms. The Labute approximate surface area is 109 Å². The second-order valence-corrected chi connectivity index (χ2v) is 4.61. The van der Waals surface area contributed by atoms with Crippen LogP contribution >= 0.6 is 11.3 Å². The van der Waals surface area contributed by atoms with E-state index in [1.54, 1.807) is 5.38 Å². The maximum absolute atomic E-state index is 13.3. The number of nitriles is 1. The molecule has 0 saturated carbocycles. The number of nitrogens with one attached hydrogen (secondary N) is 1. The van der Waals surface area contributed by atoms with E-state index in [2.05, 4.69) is 5.32 Å². The largest absolute Gasteiger partial charge is 0.375 e. The molecule has 98 valence electrons. The van der Waals surface area contributed by atoms with Crippen LogP contribution in [0.5, 0.6) is 0 Å². The first-order chi connectivity index (χ1) is 9.02. The molecule has 1 N–H and O–H groups in total. The van der Waals surface area contributed by atoms with Crippen molar-refractivity contribution in [1.82, 2.24) is 0 Å². The van der Waals surface area contributed by atoms with Gasteiger partial charge in [0, 0.05) is 22.9 Å². The normalized spacial score (nSPS) is 10.3. The Hall–Kier alpha value is -2.07. The van der Waals surface area contributed by atoms with E-state index in [1.165, 1.54) is 17.4 Å². The summed E-state index contributed by atoms with van der Waals surface area (Å²) < 4.78 is 52.5. The zero-order valence-electron chi connectivity index (χ0n) is 9.31. The first-order valence-electron chi connectivity index (χ1n) is 5.07. The van der Waals surface area contributed by atoms with Gasteiger partial charge in [0.2, 0.25) is 0 Å². The van der Waals surface area contributed by atoms with Crippen LogP contribution in [0, 0.1) is 34.6 Å². The van der Waals surface area contributed by atoms with Gasteiger partial charge in [0.25, 0.3) is 0 Å². The molecule has 0 radical (unpaired) electrons. The summed E-state index contributed by atoms with van der Waals surface area (Å²) in [4.78, 5) is 0.611. The first kappa shape index (κ1) is 13.4. The quantitative estimate of drug-likeness (QED) is 0.688. The molecule has 0 aliphatic carbocycles. The van der Waals surface area contributed by atoms with Gasteiger partial charge in [-0.1, -0.05) is 0 Å². The van der Waals surface area contributed by atoms with Crippen LogP contribution in [-0.2, 0) is 6.54 Å². The molecular formula is C12H6F4N2S. The molecule has 0 atom stereocenters. The molecule has 1 aromatic heterocycles. The van der Waals surface area contributed by atoms with E-state index < -0.39 is 29.0 Å². The topological polar surface area (TPSA) is 35.8 Å². The maximum atomic E-state index is 13.3. The fourth-order valence-corrected chi connectivity index (χ4v) is 2.19. The van der Waals surface area contributed by atoms with Gasteiger partial charge < -0.3 is 5.32 Å². The van der Waals surface area contributed by atoms with Crippen LogP contribution in [0.15, 0.2) is 17.5 Å². The summed E-state index contributed by atoms with van der Waals surface area (Å²) in [5.74, 6) is -5.89. The van der Waals surface area contributed by atoms with Crippen molar-refractivity contribution >= 4 is 17.0 Å². The van der Waals surface area contributed by atoms with Crippen molar-refractivity contribution in [3.8, 4) is 6.07 Å². The molecule has 0 aliphatic rings.